The summed E-state index contributed by atoms with van der Waals surface area (Å²) in [5, 5.41) is 3.04. The predicted octanol–water partition coefficient (Wildman–Crippen LogP) is 4.48. The Bertz CT molecular complexity index is 614. The van der Waals surface area contributed by atoms with Gasteiger partial charge >= 0.3 is 6.09 Å². The molecule has 1 aliphatic rings. The highest BCUT2D eigenvalue weighted by atomic mass is 32.2. The zero-order valence-electron chi connectivity index (χ0n) is 13.0. The molecule has 2 aromatic carbocycles. The molecule has 3 rings (SSSR count). The predicted molar refractivity (Wildman–Crippen MR) is 93.4 cm³/mol. The van der Waals surface area contributed by atoms with E-state index in [0.29, 0.717) is 12.5 Å². The summed E-state index contributed by atoms with van der Waals surface area (Å²) in [6.07, 6.45) is 2.07. The molecule has 0 unspecified atom stereocenters. The van der Waals surface area contributed by atoms with Crippen molar-refractivity contribution in [2.75, 3.05) is 5.75 Å². The summed E-state index contributed by atoms with van der Waals surface area (Å²) in [4.78, 5) is 13.3. The van der Waals surface area contributed by atoms with Gasteiger partial charge in [-0.15, -0.1) is 11.8 Å². The highest BCUT2D eigenvalue weighted by Crippen LogP contribution is 2.35. The van der Waals surface area contributed by atoms with Gasteiger partial charge in [0.2, 0.25) is 0 Å². The van der Waals surface area contributed by atoms with Gasteiger partial charge in [-0.25, -0.2) is 4.79 Å². The summed E-state index contributed by atoms with van der Waals surface area (Å²) >= 11 is 1.78. The van der Waals surface area contributed by atoms with Crippen molar-refractivity contribution < 1.29 is 9.53 Å². The molecule has 0 aliphatic heterocycles. The van der Waals surface area contributed by atoms with Gasteiger partial charge in [-0.05, 0) is 36.5 Å². The maximum Gasteiger partial charge on any atom is 0.407 e. The first kappa shape index (κ1) is 15.9. The number of hydrogen-bond acceptors (Lipinski definition) is 3. The smallest absolute Gasteiger partial charge is 0.407 e. The standard InChI is InChI=1S/C19H21NO2S/c21-19(22-13-15-7-3-1-4-8-15)20-18(16-11-12-16)14-23-17-9-5-2-6-10-17/h1-10,16,18H,11-14H2,(H,20,21)/t18-/m0/s1. The van der Waals surface area contributed by atoms with Crippen molar-refractivity contribution in [1.29, 1.82) is 0 Å². The van der Waals surface area contributed by atoms with E-state index in [4.69, 9.17) is 4.74 Å². The van der Waals surface area contributed by atoms with Gasteiger partial charge in [0.05, 0.1) is 0 Å². The zero-order chi connectivity index (χ0) is 15.9. The van der Waals surface area contributed by atoms with Crippen LogP contribution < -0.4 is 5.32 Å². The SMILES string of the molecule is O=C(N[C@@H](CSc1ccccc1)C1CC1)OCc1ccccc1. The second kappa shape index (κ2) is 8.06. The molecule has 3 nitrogen and oxygen atoms in total. The average Bonchev–Trinajstić information content (AvgIpc) is 3.43. The van der Waals surface area contributed by atoms with Gasteiger partial charge in [0.1, 0.15) is 6.61 Å². The molecule has 120 valence electrons. The van der Waals surface area contributed by atoms with Crippen molar-refractivity contribution in [1.82, 2.24) is 5.32 Å². The van der Waals surface area contributed by atoms with Gasteiger partial charge in [0, 0.05) is 16.7 Å². The van der Waals surface area contributed by atoms with E-state index in [2.05, 4.69) is 17.4 Å². The average molecular weight is 327 g/mol. The fourth-order valence-corrected chi connectivity index (χ4v) is 3.49. The lowest BCUT2D eigenvalue weighted by Gasteiger charge is -2.18. The molecule has 1 N–H and O–H groups in total. The largest absolute Gasteiger partial charge is 0.445 e. The van der Waals surface area contributed by atoms with Crippen LogP contribution in [0.15, 0.2) is 65.6 Å². The summed E-state index contributed by atoms with van der Waals surface area (Å²) in [6, 6.07) is 20.2. The second-order valence-electron chi connectivity index (χ2n) is 5.77. The van der Waals surface area contributed by atoms with Crippen LogP contribution in [0.1, 0.15) is 18.4 Å². The van der Waals surface area contributed by atoms with E-state index in [-0.39, 0.29) is 12.1 Å². The van der Waals surface area contributed by atoms with E-state index in [1.165, 1.54) is 17.7 Å². The molecule has 23 heavy (non-hydrogen) atoms. The van der Waals surface area contributed by atoms with Crippen LogP contribution in [0.3, 0.4) is 0 Å². The first-order valence-corrected chi connectivity index (χ1v) is 8.95. The normalized spacial score (nSPS) is 15.0. The molecule has 1 fully saturated rings. The van der Waals surface area contributed by atoms with E-state index >= 15 is 0 Å². The Kier molecular flexibility index (Phi) is 5.59. The van der Waals surface area contributed by atoms with Crippen LogP contribution in [0.4, 0.5) is 4.79 Å². The van der Waals surface area contributed by atoms with Crippen molar-refractivity contribution in [2.24, 2.45) is 5.92 Å². The number of alkyl carbamates (subject to hydrolysis) is 1. The minimum absolute atomic E-state index is 0.184. The number of hydrogen-bond donors (Lipinski definition) is 1. The third-order valence-corrected chi connectivity index (χ3v) is 5.01. The van der Waals surface area contributed by atoms with E-state index in [1.54, 1.807) is 11.8 Å². The Balaban J connectivity index is 1.46. The lowest BCUT2D eigenvalue weighted by atomic mass is 10.2. The quantitative estimate of drug-likeness (QED) is 0.762. The molecule has 1 saturated carbocycles. The van der Waals surface area contributed by atoms with Crippen molar-refractivity contribution in [2.45, 2.75) is 30.4 Å². The van der Waals surface area contributed by atoms with Crippen molar-refractivity contribution in [3.05, 3.63) is 66.2 Å². The molecule has 0 heterocycles. The fraction of sp³-hybridized carbons (Fsp3) is 0.316. The van der Waals surface area contributed by atoms with Crippen LogP contribution in [0.25, 0.3) is 0 Å². The Morgan fingerprint density at radius 2 is 1.74 bits per heavy atom. The molecular formula is C19H21NO2S. The van der Waals surface area contributed by atoms with Crippen LogP contribution >= 0.6 is 11.8 Å². The minimum atomic E-state index is -0.320. The van der Waals surface area contributed by atoms with Crippen molar-refractivity contribution >= 4 is 17.9 Å². The van der Waals surface area contributed by atoms with Gasteiger partial charge in [-0.1, -0.05) is 48.5 Å². The molecule has 1 amide bonds. The lowest BCUT2D eigenvalue weighted by Crippen LogP contribution is -2.38. The van der Waals surface area contributed by atoms with Crippen molar-refractivity contribution in [3.8, 4) is 0 Å². The number of rotatable bonds is 7. The molecule has 2 aromatic rings. The molecule has 4 heteroatoms. The van der Waals surface area contributed by atoms with Gasteiger partial charge in [-0.3, -0.25) is 0 Å². The van der Waals surface area contributed by atoms with Crippen LogP contribution in [0, 0.1) is 5.92 Å². The van der Waals surface area contributed by atoms with Crippen LogP contribution in [-0.4, -0.2) is 17.9 Å². The Labute approximate surface area is 141 Å². The number of benzene rings is 2. The second-order valence-corrected chi connectivity index (χ2v) is 6.87. The third kappa shape index (κ3) is 5.32. The Morgan fingerprint density at radius 1 is 1.09 bits per heavy atom. The number of nitrogens with one attached hydrogen (secondary N) is 1. The maximum atomic E-state index is 12.0. The highest BCUT2D eigenvalue weighted by Gasteiger charge is 2.32. The molecule has 0 radical (unpaired) electrons. The number of ether oxygens (including phenoxy) is 1. The van der Waals surface area contributed by atoms with Crippen LogP contribution in [-0.2, 0) is 11.3 Å². The molecular weight excluding hydrogens is 306 g/mol. The summed E-state index contributed by atoms with van der Waals surface area (Å²) in [7, 11) is 0. The van der Waals surface area contributed by atoms with E-state index in [1.807, 2.05) is 48.5 Å². The summed E-state index contributed by atoms with van der Waals surface area (Å²) in [6.45, 7) is 0.315. The van der Waals surface area contributed by atoms with Crippen LogP contribution in [0.5, 0.6) is 0 Å². The highest BCUT2D eigenvalue weighted by molar-refractivity contribution is 7.99. The van der Waals surface area contributed by atoms with E-state index in [9.17, 15) is 4.79 Å². The maximum absolute atomic E-state index is 12.0. The van der Waals surface area contributed by atoms with Gasteiger partial charge < -0.3 is 10.1 Å². The van der Waals surface area contributed by atoms with E-state index in [0.717, 1.165) is 11.3 Å². The topological polar surface area (TPSA) is 38.3 Å². The minimum Gasteiger partial charge on any atom is -0.445 e. The lowest BCUT2D eigenvalue weighted by molar-refractivity contribution is 0.135. The van der Waals surface area contributed by atoms with Crippen molar-refractivity contribution in [3.63, 3.8) is 0 Å². The van der Waals surface area contributed by atoms with Gasteiger partial charge in [0.25, 0.3) is 0 Å². The molecule has 0 spiro atoms. The zero-order valence-corrected chi connectivity index (χ0v) is 13.8. The van der Waals surface area contributed by atoms with Gasteiger partial charge in [0.15, 0.2) is 0 Å². The molecule has 0 saturated heterocycles. The molecule has 1 aliphatic carbocycles. The Morgan fingerprint density at radius 3 is 2.39 bits per heavy atom. The monoisotopic (exact) mass is 327 g/mol. The number of amides is 1. The summed E-state index contributed by atoms with van der Waals surface area (Å²) < 4.78 is 5.33. The first-order chi connectivity index (χ1) is 11.3. The summed E-state index contributed by atoms with van der Waals surface area (Å²) in [5.74, 6) is 1.48. The molecule has 0 bridgehead atoms. The number of carbonyl (C=O) groups is 1. The number of carbonyl (C=O) groups excluding carboxylic acids is 1. The third-order valence-electron chi connectivity index (χ3n) is 3.88. The number of thioether (sulfide) groups is 1. The molecule has 1 atom stereocenters. The first-order valence-electron chi connectivity index (χ1n) is 7.96. The van der Waals surface area contributed by atoms with Gasteiger partial charge in [-0.2, -0.15) is 0 Å². The fourth-order valence-electron chi connectivity index (χ4n) is 2.41. The Hall–Kier alpha value is -1.94. The van der Waals surface area contributed by atoms with E-state index < -0.39 is 0 Å². The molecule has 0 aromatic heterocycles. The van der Waals surface area contributed by atoms with Crippen LogP contribution in [0.2, 0.25) is 0 Å². The summed E-state index contributed by atoms with van der Waals surface area (Å²) in [5.41, 5.74) is 1.00.